The molecule has 1 heterocycles. The van der Waals surface area contributed by atoms with Crippen molar-refractivity contribution in [2.75, 3.05) is 13.2 Å². The van der Waals surface area contributed by atoms with Gasteiger partial charge in [-0.3, -0.25) is 4.79 Å². The van der Waals surface area contributed by atoms with Gasteiger partial charge in [-0.15, -0.1) is 0 Å². The number of carbonyl (C=O) groups is 1. The average molecular weight is 636 g/mol. The molecule has 0 aliphatic carbocycles. The summed E-state index contributed by atoms with van der Waals surface area (Å²) in [6.45, 7) is 3.55. The molecule has 1 amide bonds. The Morgan fingerprint density at radius 3 is 1.84 bits per heavy atom. The van der Waals surface area contributed by atoms with Crippen LogP contribution in [0.4, 0.5) is 0 Å². The SMILES string of the molecule is CC/C=C\C/C=C\C/C=C\C/C=C\C/C=C\CC(=O)NC(COC1OC(CO)C(O)C(O)C1O)C(O)CCCCCCCCC. The fourth-order valence-electron chi connectivity index (χ4n) is 4.87. The van der Waals surface area contributed by atoms with Gasteiger partial charge in [-0.2, -0.15) is 0 Å². The molecule has 1 aliphatic rings. The summed E-state index contributed by atoms with van der Waals surface area (Å²) >= 11 is 0. The first-order valence-electron chi connectivity index (χ1n) is 17.0. The molecule has 0 saturated carbocycles. The van der Waals surface area contributed by atoms with Gasteiger partial charge < -0.3 is 40.3 Å². The maximum atomic E-state index is 12.7. The lowest BCUT2D eigenvalue weighted by molar-refractivity contribution is -0.302. The third kappa shape index (κ3) is 19.2. The summed E-state index contributed by atoms with van der Waals surface area (Å²) in [7, 11) is 0. The van der Waals surface area contributed by atoms with Crippen LogP contribution >= 0.6 is 0 Å². The van der Waals surface area contributed by atoms with E-state index in [0.717, 1.165) is 51.4 Å². The van der Waals surface area contributed by atoms with Crippen LogP contribution in [-0.2, 0) is 14.3 Å². The van der Waals surface area contributed by atoms with Crippen LogP contribution in [0.3, 0.4) is 0 Å². The zero-order valence-corrected chi connectivity index (χ0v) is 27.6. The molecule has 0 aromatic rings. The van der Waals surface area contributed by atoms with E-state index in [9.17, 15) is 30.3 Å². The second kappa shape index (κ2) is 27.0. The van der Waals surface area contributed by atoms with Crippen LogP contribution in [0, 0.1) is 0 Å². The van der Waals surface area contributed by atoms with Gasteiger partial charge in [-0.25, -0.2) is 0 Å². The van der Waals surface area contributed by atoms with E-state index < -0.39 is 49.5 Å². The summed E-state index contributed by atoms with van der Waals surface area (Å²) in [4.78, 5) is 12.7. The fourth-order valence-corrected chi connectivity index (χ4v) is 4.87. The van der Waals surface area contributed by atoms with Crippen LogP contribution in [0.15, 0.2) is 60.8 Å². The zero-order chi connectivity index (χ0) is 33.1. The molecule has 0 radical (unpaired) electrons. The second-order valence-electron chi connectivity index (χ2n) is 11.6. The van der Waals surface area contributed by atoms with Gasteiger partial charge in [-0.1, -0.05) is 120 Å². The van der Waals surface area contributed by atoms with Gasteiger partial charge in [0.25, 0.3) is 0 Å². The first-order valence-corrected chi connectivity index (χ1v) is 17.0. The van der Waals surface area contributed by atoms with Crippen molar-refractivity contribution in [1.29, 1.82) is 0 Å². The Morgan fingerprint density at radius 1 is 0.756 bits per heavy atom. The van der Waals surface area contributed by atoms with E-state index in [2.05, 4.69) is 61.7 Å². The number of aliphatic hydroxyl groups is 5. The molecule has 45 heavy (non-hydrogen) atoms. The Balaban J connectivity index is 2.53. The lowest BCUT2D eigenvalue weighted by atomic mass is 9.99. The van der Waals surface area contributed by atoms with Crippen LogP contribution in [0.5, 0.6) is 0 Å². The van der Waals surface area contributed by atoms with Crippen LogP contribution < -0.4 is 5.32 Å². The molecule has 6 N–H and O–H groups in total. The fraction of sp³-hybridized carbons (Fsp3) is 0.694. The molecular weight excluding hydrogens is 574 g/mol. The molecule has 9 heteroatoms. The number of hydrogen-bond acceptors (Lipinski definition) is 8. The Hall–Kier alpha value is -2.11. The smallest absolute Gasteiger partial charge is 0.224 e. The molecule has 7 unspecified atom stereocenters. The maximum absolute atomic E-state index is 12.7. The molecule has 1 rings (SSSR count). The van der Waals surface area contributed by atoms with Crippen LogP contribution in [-0.4, -0.2) is 87.5 Å². The van der Waals surface area contributed by atoms with Crippen molar-refractivity contribution in [3.05, 3.63) is 60.8 Å². The molecule has 258 valence electrons. The minimum Gasteiger partial charge on any atom is -0.394 e. The van der Waals surface area contributed by atoms with E-state index >= 15 is 0 Å². The monoisotopic (exact) mass is 635 g/mol. The van der Waals surface area contributed by atoms with Gasteiger partial charge in [0.2, 0.25) is 5.91 Å². The van der Waals surface area contributed by atoms with Crippen molar-refractivity contribution in [1.82, 2.24) is 5.32 Å². The minimum absolute atomic E-state index is 0.133. The Kier molecular flexibility index (Phi) is 24.6. The number of allylic oxidation sites excluding steroid dienone is 9. The van der Waals surface area contributed by atoms with E-state index in [0.29, 0.717) is 12.8 Å². The number of rotatable bonds is 25. The van der Waals surface area contributed by atoms with Crippen molar-refractivity contribution in [3.8, 4) is 0 Å². The highest BCUT2D eigenvalue weighted by Gasteiger charge is 2.44. The summed E-state index contributed by atoms with van der Waals surface area (Å²) in [5.41, 5.74) is 0. The molecular formula is C36H61NO8. The number of hydrogen-bond donors (Lipinski definition) is 6. The standard InChI is InChI=1S/C36H61NO8/c1-3-5-7-9-11-12-13-14-15-16-17-18-20-22-24-26-32(40)37-29(30(39)25-23-21-19-10-8-6-4-2)28-44-36-35(43)34(42)33(41)31(27-38)45-36/h5,7,11-12,14-15,17-18,22,24,29-31,33-36,38-39,41-43H,3-4,6,8-10,13,16,19-21,23,25-28H2,1-2H3,(H,37,40)/b7-5-,12-11-,15-14-,18-17-,24-22-. The van der Waals surface area contributed by atoms with E-state index in [1.165, 1.54) is 19.3 Å². The predicted molar refractivity (Wildman–Crippen MR) is 179 cm³/mol. The first kappa shape index (κ1) is 40.9. The highest BCUT2D eigenvalue weighted by atomic mass is 16.7. The molecule has 9 nitrogen and oxygen atoms in total. The van der Waals surface area contributed by atoms with Crippen LogP contribution in [0.1, 0.15) is 104 Å². The van der Waals surface area contributed by atoms with E-state index in [1.807, 2.05) is 12.2 Å². The summed E-state index contributed by atoms with van der Waals surface area (Å²) in [5, 5.41) is 53.6. The van der Waals surface area contributed by atoms with E-state index in [4.69, 9.17) is 9.47 Å². The zero-order valence-electron chi connectivity index (χ0n) is 27.6. The third-order valence-corrected chi connectivity index (χ3v) is 7.66. The highest BCUT2D eigenvalue weighted by molar-refractivity contribution is 5.77. The van der Waals surface area contributed by atoms with Crippen molar-refractivity contribution >= 4 is 5.91 Å². The number of ether oxygens (including phenoxy) is 2. The van der Waals surface area contributed by atoms with Crippen molar-refractivity contribution < 1.29 is 39.8 Å². The predicted octanol–water partition coefficient (Wildman–Crippen LogP) is 4.93. The van der Waals surface area contributed by atoms with Crippen molar-refractivity contribution in [3.63, 3.8) is 0 Å². The van der Waals surface area contributed by atoms with Crippen molar-refractivity contribution in [2.45, 2.75) is 147 Å². The number of aliphatic hydroxyl groups excluding tert-OH is 5. The third-order valence-electron chi connectivity index (χ3n) is 7.66. The molecule has 1 saturated heterocycles. The molecule has 1 fully saturated rings. The van der Waals surface area contributed by atoms with E-state index in [-0.39, 0.29) is 18.9 Å². The normalized spacial score (nSPS) is 24.1. The molecule has 1 aliphatic heterocycles. The molecule has 0 spiro atoms. The number of nitrogens with one attached hydrogen (secondary N) is 1. The summed E-state index contributed by atoms with van der Waals surface area (Å²) in [5.74, 6) is -0.280. The number of amides is 1. The molecule has 0 aromatic heterocycles. The highest BCUT2D eigenvalue weighted by Crippen LogP contribution is 2.22. The number of carbonyl (C=O) groups excluding carboxylic acids is 1. The van der Waals surface area contributed by atoms with Crippen LogP contribution in [0.25, 0.3) is 0 Å². The van der Waals surface area contributed by atoms with E-state index in [1.54, 1.807) is 6.08 Å². The van der Waals surface area contributed by atoms with Gasteiger partial charge in [-0.05, 0) is 38.5 Å². The first-order chi connectivity index (χ1) is 21.8. The van der Waals surface area contributed by atoms with Gasteiger partial charge in [0.15, 0.2) is 6.29 Å². The quantitative estimate of drug-likeness (QED) is 0.0611. The molecule has 0 bridgehead atoms. The van der Waals surface area contributed by atoms with Crippen molar-refractivity contribution in [2.24, 2.45) is 0 Å². The summed E-state index contributed by atoms with van der Waals surface area (Å²) in [6, 6.07) is -0.771. The Bertz CT molecular complexity index is 884. The lowest BCUT2D eigenvalue weighted by Gasteiger charge is -2.40. The van der Waals surface area contributed by atoms with Gasteiger partial charge >= 0.3 is 0 Å². The van der Waals surface area contributed by atoms with Crippen LogP contribution in [0.2, 0.25) is 0 Å². The average Bonchev–Trinajstić information content (AvgIpc) is 3.04. The summed E-state index contributed by atoms with van der Waals surface area (Å²) < 4.78 is 11.1. The minimum atomic E-state index is -1.57. The Morgan fingerprint density at radius 2 is 1.29 bits per heavy atom. The maximum Gasteiger partial charge on any atom is 0.224 e. The number of unbranched alkanes of at least 4 members (excludes halogenated alkanes) is 6. The summed E-state index contributed by atoms with van der Waals surface area (Å²) in [6.07, 6.45) is 25.6. The largest absolute Gasteiger partial charge is 0.394 e. The van der Waals surface area contributed by atoms with Gasteiger partial charge in [0.1, 0.15) is 24.4 Å². The van der Waals surface area contributed by atoms with Gasteiger partial charge in [0.05, 0.1) is 25.4 Å². The Labute approximate surface area is 271 Å². The second-order valence-corrected chi connectivity index (χ2v) is 11.6. The lowest BCUT2D eigenvalue weighted by Crippen LogP contribution is -2.60. The topological polar surface area (TPSA) is 149 Å². The molecule has 7 atom stereocenters. The van der Waals surface area contributed by atoms with Gasteiger partial charge in [0, 0.05) is 6.42 Å². The molecule has 0 aromatic carbocycles.